The molecule has 0 bridgehead atoms. The number of unbranched alkanes of at least 4 members (excludes halogenated alkanes) is 2. The minimum absolute atomic E-state index is 0.0879. The first-order chi connectivity index (χ1) is 9.45. The molecule has 0 aromatic heterocycles. The van der Waals surface area contributed by atoms with Gasteiger partial charge in [0.1, 0.15) is 0 Å². The van der Waals surface area contributed by atoms with Gasteiger partial charge in [-0.15, -0.1) is 0 Å². The van der Waals surface area contributed by atoms with E-state index in [1.807, 2.05) is 0 Å². The number of carbonyl (C=O) groups is 1. The zero-order valence-electron chi connectivity index (χ0n) is 11.6. The first-order valence-corrected chi connectivity index (χ1v) is 7.83. The van der Waals surface area contributed by atoms with Gasteiger partial charge < -0.3 is 4.74 Å². The van der Waals surface area contributed by atoms with Crippen LogP contribution in [0, 0.1) is 12.0 Å². The van der Waals surface area contributed by atoms with Crippen LogP contribution in [0.5, 0.6) is 0 Å². The second kappa shape index (κ2) is 8.76. The molecule has 1 aromatic carbocycles. The van der Waals surface area contributed by atoms with E-state index in [4.69, 9.17) is 39.5 Å². The molecule has 0 saturated carbocycles. The Morgan fingerprint density at radius 1 is 1.35 bits per heavy atom. The van der Waals surface area contributed by atoms with Gasteiger partial charge in [0.25, 0.3) is 0 Å². The van der Waals surface area contributed by atoms with Gasteiger partial charge in [-0.2, -0.15) is 0 Å². The second-order valence-corrected chi connectivity index (χ2v) is 6.05. The van der Waals surface area contributed by atoms with Gasteiger partial charge in [-0.3, -0.25) is 0 Å². The minimum atomic E-state index is -0.540. The molecular weight excluding hydrogens is 319 g/mol. The highest BCUT2D eigenvalue weighted by Crippen LogP contribution is 2.29. The van der Waals surface area contributed by atoms with Crippen molar-refractivity contribution < 1.29 is 9.53 Å². The van der Waals surface area contributed by atoms with Crippen LogP contribution >= 0.6 is 34.8 Å². The maximum atomic E-state index is 11.9. The Morgan fingerprint density at radius 2 is 2.05 bits per heavy atom. The summed E-state index contributed by atoms with van der Waals surface area (Å²) >= 11 is 17.6. The molecule has 1 aromatic rings. The molecule has 0 aliphatic carbocycles. The lowest BCUT2D eigenvalue weighted by molar-refractivity contribution is 0.0442. The van der Waals surface area contributed by atoms with Crippen molar-refractivity contribution in [1.82, 2.24) is 0 Å². The highest BCUT2D eigenvalue weighted by Gasteiger charge is 2.17. The highest BCUT2D eigenvalue weighted by atomic mass is 35.5. The summed E-state index contributed by atoms with van der Waals surface area (Å²) in [5.74, 6) is -0.222. The lowest BCUT2D eigenvalue weighted by atomic mass is 10.0. The molecule has 20 heavy (non-hydrogen) atoms. The third-order valence-corrected chi connectivity index (χ3v) is 3.92. The molecule has 5 heteroatoms. The molecule has 0 saturated heterocycles. The van der Waals surface area contributed by atoms with Gasteiger partial charge in [-0.05, 0) is 18.4 Å². The fourth-order valence-electron chi connectivity index (χ4n) is 1.76. The van der Waals surface area contributed by atoms with E-state index in [1.54, 1.807) is 0 Å². The second-order valence-electron chi connectivity index (χ2n) is 4.85. The Balaban J connectivity index is 2.55. The topological polar surface area (TPSA) is 26.3 Å². The van der Waals surface area contributed by atoms with Crippen molar-refractivity contribution in [3.63, 3.8) is 0 Å². The standard InChI is InChI=1S/C15H18Cl3O2/c1-3-4-5-6-10(2)9-20-15(19)12-7-11(16)8-13(17)14(12)18/h8,10H,3-6,9H2,1-2H3. The van der Waals surface area contributed by atoms with Crippen molar-refractivity contribution in [2.45, 2.75) is 39.5 Å². The van der Waals surface area contributed by atoms with E-state index >= 15 is 0 Å². The molecule has 1 unspecified atom stereocenters. The lowest BCUT2D eigenvalue weighted by Gasteiger charge is -2.12. The predicted molar refractivity (Wildman–Crippen MR) is 83.9 cm³/mol. The molecule has 0 N–H and O–H groups in total. The van der Waals surface area contributed by atoms with Crippen LogP contribution in [0.4, 0.5) is 0 Å². The summed E-state index contributed by atoms with van der Waals surface area (Å²) in [6.45, 7) is 4.57. The average molecular weight is 337 g/mol. The minimum Gasteiger partial charge on any atom is -0.462 e. The molecule has 0 fully saturated rings. The fraction of sp³-hybridized carbons (Fsp3) is 0.533. The molecule has 0 aliphatic rings. The predicted octanol–water partition coefficient (Wildman–Crippen LogP) is 5.82. The van der Waals surface area contributed by atoms with Crippen LogP contribution in [-0.2, 0) is 4.74 Å². The third kappa shape index (κ3) is 5.51. The largest absolute Gasteiger partial charge is 0.462 e. The van der Waals surface area contributed by atoms with Gasteiger partial charge in [0.2, 0.25) is 0 Å². The normalized spacial score (nSPS) is 12.2. The number of hydrogen-bond donors (Lipinski definition) is 0. The van der Waals surface area contributed by atoms with Gasteiger partial charge in [0.05, 0.1) is 27.2 Å². The molecule has 1 radical (unpaired) electrons. The molecule has 111 valence electrons. The molecular formula is C15H18Cl3O2. The lowest BCUT2D eigenvalue weighted by Crippen LogP contribution is -2.13. The Kier molecular flexibility index (Phi) is 7.71. The Morgan fingerprint density at radius 3 is 2.70 bits per heavy atom. The number of benzene rings is 1. The summed E-state index contributed by atoms with van der Waals surface area (Å²) in [6.07, 6.45) is 4.56. The van der Waals surface area contributed by atoms with Gasteiger partial charge in [-0.1, -0.05) is 67.9 Å². The summed E-state index contributed by atoms with van der Waals surface area (Å²) in [5, 5.41) is 0.584. The molecule has 0 spiro atoms. The maximum Gasteiger partial charge on any atom is 0.340 e. The van der Waals surface area contributed by atoms with E-state index in [-0.39, 0.29) is 20.6 Å². The van der Waals surface area contributed by atoms with E-state index in [0.29, 0.717) is 12.5 Å². The monoisotopic (exact) mass is 335 g/mol. The molecule has 0 heterocycles. The van der Waals surface area contributed by atoms with Crippen LogP contribution in [-0.4, -0.2) is 12.6 Å². The smallest absolute Gasteiger partial charge is 0.340 e. The van der Waals surface area contributed by atoms with Crippen molar-refractivity contribution in [3.8, 4) is 0 Å². The van der Waals surface area contributed by atoms with Crippen LogP contribution in [0.2, 0.25) is 15.1 Å². The van der Waals surface area contributed by atoms with Crippen molar-refractivity contribution in [2.75, 3.05) is 6.61 Å². The Hall–Kier alpha value is -0.440. The number of rotatable bonds is 7. The van der Waals surface area contributed by atoms with E-state index in [1.165, 1.54) is 18.9 Å². The van der Waals surface area contributed by atoms with Gasteiger partial charge >= 0.3 is 5.97 Å². The van der Waals surface area contributed by atoms with Crippen molar-refractivity contribution in [2.24, 2.45) is 5.92 Å². The molecule has 1 rings (SSSR count). The Labute approximate surface area is 135 Å². The molecule has 2 nitrogen and oxygen atoms in total. The Bertz CT molecular complexity index is 461. The average Bonchev–Trinajstić information content (AvgIpc) is 2.40. The van der Waals surface area contributed by atoms with E-state index < -0.39 is 5.97 Å². The van der Waals surface area contributed by atoms with E-state index in [2.05, 4.69) is 19.9 Å². The zero-order chi connectivity index (χ0) is 15.1. The zero-order valence-corrected chi connectivity index (χ0v) is 13.9. The SMILES string of the molecule is CCCCCC(C)COC(=O)c1[c]c(Cl)cc(Cl)c1Cl. The van der Waals surface area contributed by atoms with Crippen molar-refractivity contribution >= 4 is 40.8 Å². The number of halogens is 3. The summed E-state index contributed by atoms with van der Waals surface area (Å²) in [6, 6.07) is 4.11. The summed E-state index contributed by atoms with van der Waals surface area (Å²) < 4.78 is 5.24. The molecule has 0 amide bonds. The number of esters is 1. The summed E-state index contributed by atoms with van der Waals surface area (Å²) in [4.78, 5) is 11.9. The van der Waals surface area contributed by atoms with Crippen LogP contribution in [0.15, 0.2) is 6.07 Å². The maximum absolute atomic E-state index is 11.9. The van der Waals surface area contributed by atoms with E-state index in [0.717, 1.165) is 12.8 Å². The summed E-state index contributed by atoms with van der Waals surface area (Å²) in [7, 11) is 0. The van der Waals surface area contributed by atoms with Crippen LogP contribution < -0.4 is 0 Å². The molecule has 0 aliphatic heterocycles. The van der Waals surface area contributed by atoms with Crippen molar-refractivity contribution in [3.05, 3.63) is 32.8 Å². The van der Waals surface area contributed by atoms with Crippen LogP contribution in [0.3, 0.4) is 0 Å². The third-order valence-electron chi connectivity index (χ3n) is 2.93. The number of ether oxygens (including phenoxy) is 1. The highest BCUT2D eigenvalue weighted by molar-refractivity contribution is 6.44. The quantitative estimate of drug-likeness (QED) is 0.356. The number of hydrogen-bond acceptors (Lipinski definition) is 2. The van der Waals surface area contributed by atoms with Gasteiger partial charge in [-0.25, -0.2) is 4.79 Å². The fourth-order valence-corrected chi connectivity index (χ4v) is 2.40. The first kappa shape index (κ1) is 17.6. The number of carbonyl (C=O) groups excluding carboxylic acids is 1. The van der Waals surface area contributed by atoms with Gasteiger partial charge in [0.15, 0.2) is 0 Å². The van der Waals surface area contributed by atoms with Gasteiger partial charge in [0, 0.05) is 6.07 Å². The van der Waals surface area contributed by atoms with Crippen LogP contribution in [0.25, 0.3) is 0 Å². The van der Waals surface area contributed by atoms with Crippen molar-refractivity contribution in [1.29, 1.82) is 0 Å². The van der Waals surface area contributed by atoms with E-state index in [9.17, 15) is 4.79 Å². The summed E-state index contributed by atoms with van der Waals surface area (Å²) in [5.41, 5.74) is 0.0879. The van der Waals surface area contributed by atoms with Crippen LogP contribution in [0.1, 0.15) is 49.9 Å². The molecule has 1 atom stereocenters. The first-order valence-electron chi connectivity index (χ1n) is 6.69.